The first kappa shape index (κ1) is 18.8. The van der Waals surface area contributed by atoms with Gasteiger partial charge in [-0.15, -0.1) is 0 Å². The average Bonchev–Trinajstić information content (AvgIpc) is 2.49. The Morgan fingerprint density at radius 2 is 1.68 bits per heavy atom. The Bertz CT molecular complexity index is 850. The number of aromatic hydroxyl groups is 1. The number of amides is 1. The molecule has 0 fully saturated rings. The highest BCUT2D eigenvalue weighted by Crippen LogP contribution is 2.31. The predicted molar refractivity (Wildman–Crippen MR) is 95.4 cm³/mol. The van der Waals surface area contributed by atoms with Crippen molar-refractivity contribution in [3.05, 3.63) is 53.1 Å². The summed E-state index contributed by atoms with van der Waals surface area (Å²) in [5.74, 6) is 0.977. The lowest BCUT2D eigenvalue weighted by molar-refractivity contribution is -0.119. The van der Waals surface area contributed by atoms with Gasteiger partial charge in [0.1, 0.15) is 17.2 Å². The number of nitrogens with one attached hydrogen (secondary N) is 1. The van der Waals surface area contributed by atoms with Gasteiger partial charge in [0.05, 0.1) is 6.26 Å². The molecular weight excluding hydrogens is 342 g/mol. The van der Waals surface area contributed by atoms with E-state index in [1.807, 2.05) is 30.7 Å². The van der Waals surface area contributed by atoms with Crippen LogP contribution in [-0.4, -0.2) is 25.7 Å². The minimum absolute atomic E-state index is 0.0874. The zero-order valence-corrected chi connectivity index (χ0v) is 15.2. The topological polar surface area (TPSA) is 92.7 Å². The minimum Gasteiger partial charge on any atom is -0.508 e. The fraction of sp³-hybridized carbons (Fsp3) is 0.278. The lowest BCUT2D eigenvalue weighted by atomic mass is 10.0. The monoisotopic (exact) mass is 363 g/mol. The van der Waals surface area contributed by atoms with Crippen molar-refractivity contribution in [2.45, 2.75) is 26.7 Å². The normalized spacial score (nSPS) is 11.2. The van der Waals surface area contributed by atoms with Crippen LogP contribution >= 0.6 is 0 Å². The number of aryl methyl sites for hydroxylation is 3. The van der Waals surface area contributed by atoms with Crippen LogP contribution in [-0.2, 0) is 21.2 Å². The molecule has 0 bridgehead atoms. The second-order valence-corrected chi connectivity index (χ2v) is 7.70. The molecule has 2 rings (SSSR count). The van der Waals surface area contributed by atoms with Gasteiger partial charge in [-0.1, -0.05) is 12.1 Å². The summed E-state index contributed by atoms with van der Waals surface area (Å²) in [6.07, 6.45) is 1.47. The van der Waals surface area contributed by atoms with Gasteiger partial charge in [-0.05, 0) is 61.2 Å². The standard InChI is InChI=1S/C18H21NO5S/c1-12-10-14(4-9-17(21)19-25(3,22)23)11-13(2)18(12)24-16-7-5-15(20)6-8-16/h5-8,10-11,20H,4,9H2,1-3H3,(H,19,21). The van der Waals surface area contributed by atoms with Crippen molar-refractivity contribution in [3.8, 4) is 17.2 Å². The lowest BCUT2D eigenvalue weighted by Crippen LogP contribution is -2.29. The molecule has 1 amide bonds. The minimum atomic E-state index is -3.53. The van der Waals surface area contributed by atoms with Gasteiger partial charge in [0.25, 0.3) is 0 Å². The van der Waals surface area contributed by atoms with Gasteiger partial charge in [0.15, 0.2) is 0 Å². The van der Waals surface area contributed by atoms with Crippen molar-refractivity contribution in [1.29, 1.82) is 0 Å². The maximum Gasteiger partial charge on any atom is 0.233 e. The molecule has 7 heteroatoms. The van der Waals surface area contributed by atoms with Gasteiger partial charge in [0, 0.05) is 6.42 Å². The van der Waals surface area contributed by atoms with E-state index in [9.17, 15) is 18.3 Å². The molecule has 0 unspecified atom stereocenters. The maximum absolute atomic E-state index is 11.6. The molecular formula is C18H21NO5S. The van der Waals surface area contributed by atoms with Crippen LogP contribution in [0, 0.1) is 13.8 Å². The van der Waals surface area contributed by atoms with E-state index in [4.69, 9.17) is 4.74 Å². The Morgan fingerprint density at radius 3 is 2.20 bits per heavy atom. The van der Waals surface area contributed by atoms with Crippen LogP contribution in [0.1, 0.15) is 23.1 Å². The Balaban J connectivity index is 2.09. The molecule has 0 saturated carbocycles. The maximum atomic E-state index is 11.6. The van der Waals surface area contributed by atoms with Gasteiger partial charge in [-0.3, -0.25) is 9.52 Å². The second kappa shape index (κ2) is 7.57. The molecule has 2 N–H and O–H groups in total. The van der Waals surface area contributed by atoms with Gasteiger partial charge >= 0.3 is 0 Å². The first-order chi connectivity index (χ1) is 11.6. The molecule has 0 aromatic heterocycles. The fourth-order valence-electron chi connectivity index (χ4n) is 2.49. The van der Waals surface area contributed by atoms with E-state index in [1.54, 1.807) is 24.3 Å². The molecule has 6 nitrogen and oxygen atoms in total. The number of rotatable bonds is 6. The lowest BCUT2D eigenvalue weighted by Gasteiger charge is -2.14. The highest BCUT2D eigenvalue weighted by Gasteiger charge is 2.11. The number of hydrogen-bond donors (Lipinski definition) is 2. The summed E-state index contributed by atoms with van der Waals surface area (Å²) in [5.41, 5.74) is 2.75. The van der Waals surface area contributed by atoms with E-state index in [-0.39, 0.29) is 12.2 Å². The van der Waals surface area contributed by atoms with Crippen molar-refractivity contribution < 1.29 is 23.1 Å². The summed E-state index contributed by atoms with van der Waals surface area (Å²) in [6, 6.07) is 10.3. The van der Waals surface area contributed by atoms with Crippen LogP contribution in [0.25, 0.3) is 0 Å². The van der Waals surface area contributed by atoms with E-state index in [0.29, 0.717) is 12.2 Å². The second-order valence-electron chi connectivity index (χ2n) is 5.95. The van der Waals surface area contributed by atoms with Crippen LogP contribution in [0.5, 0.6) is 17.2 Å². The van der Waals surface area contributed by atoms with Crippen LogP contribution in [0.15, 0.2) is 36.4 Å². The Labute approximate surface area is 147 Å². The summed E-state index contributed by atoms with van der Waals surface area (Å²) in [6.45, 7) is 3.81. The summed E-state index contributed by atoms with van der Waals surface area (Å²) in [4.78, 5) is 11.6. The first-order valence-corrected chi connectivity index (χ1v) is 9.61. The first-order valence-electron chi connectivity index (χ1n) is 7.71. The largest absolute Gasteiger partial charge is 0.508 e. The zero-order valence-electron chi connectivity index (χ0n) is 14.4. The van der Waals surface area contributed by atoms with E-state index in [2.05, 4.69) is 0 Å². The van der Waals surface area contributed by atoms with Crippen LogP contribution in [0.2, 0.25) is 0 Å². The van der Waals surface area contributed by atoms with Crippen LogP contribution in [0.3, 0.4) is 0 Å². The number of benzene rings is 2. The smallest absolute Gasteiger partial charge is 0.233 e. The molecule has 0 atom stereocenters. The van der Waals surface area contributed by atoms with E-state index >= 15 is 0 Å². The van der Waals surface area contributed by atoms with Crippen molar-refractivity contribution >= 4 is 15.9 Å². The average molecular weight is 363 g/mol. The molecule has 0 radical (unpaired) electrons. The molecule has 134 valence electrons. The van der Waals surface area contributed by atoms with Gasteiger partial charge in [-0.25, -0.2) is 8.42 Å². The predicted octanol–water partition coefficient (Wildman–Crippen LogP) is 2.81. The molecule has 0 spiro atoms. The van der Waals surface area contributed by atoms with E-state index < -0.39 is 15.9 Å². The molecule has 0 aliphatic rings. The van der Waals surface area contributed by atoms with Gasteiger partial charge < -0.3 is 9.84 Å². The number of hydrogen-bond acceptors (Lipinski definition) is 5. The molecule has 0 saturated heterocycles. The molecule has 25 heavy (non-hydrogen) atoms. The summed E-state index contributed by atoms with van der Waals surface area (Å²) in [7, 11) is -3.53. The number of sulfonamides is 1. The zero-order chi connectivity index (χ0) is 18.6. The van der Waals surface area contributed by atoms with Crippen molar-refractivity contribution in [3.63, 3.8) is 0 Å². The molecule has 0 aliphatic carbocycles. The van der Waals surface area contributed by atoms with Crippen LogP contribution in [0.4, 0.5) is 0 Å². The summed E-state index contributed by atoms with van der Waals surface area (Å²) < 4.78 is 29.9. The van der Waals surface area contributed by atoms with Crippen molar-refractivity contribution in [2.24, 2.45) is 0 Å². The summed E-state index contributed by atoms with van der Waals surface area (Å²) in [5, 5.41) is 9.32. The molecule has 0 aliphatic heterocycles. The third-order valence-electron chi connectivity index (χ3n) is 3.52. The quantitative estimate of drug-likeness (QED) is 0.823. The van der Waals surface area contributed by atoms with Gasteiger partial charge in [-0.2, -0.15) is 0 Å². The number of carbonyl (C=O) groups is 1. The Kier molecular flexibility index (Phi) is 5.69. The van der Waals surface area contributed by atoms with Crippen molar-refractivity contribution in [2.75, 3.05) is 6.26 Å². The number of phenols is 1. The highest BCUT2D eigenvalue weighted by molar-refractivity contribution is 7.89. The third-order valence-corrected chi connectivity index (χ3v) is 4.12. The summed E-state index contributed by atoms with van der Waals surface area (Å²) >= 11 is 0. The SMILES string of the molecule is Cc1cc(CCC(=O)NS(C)(=O)=O)cc(C)c1Oc1ccc(O)cc1. The Hall–Kier alpha value is -2.54. The van der Waals surface area contributed by atoms with Crippen LogP contribution < -0.4 is 9.46 Å². The highest BCUT2D eigenvalue weighted by atomic mass is 32.2. The number of ether oxygens (including phenoxy) is 1. The third kappa shape index (κ3) is 5.79. The fourth-order valence-corrected chi connectivity index (χ4v) is 3.01. The molecule has 0 heterocycles. The molecule has 2 aromatic rings. The molecule has 2 aromatic carbocycles. The van der Waals surface area contributed by atoms with E-state index in [1.165, 1.54) is 0 Å². The van der Waals surface area contributed by atoms with Crippen molar-refractivity contribution in [1.82, 2.24) is 4.72 Å². The van der Waals surface area contributed by atoms with E-state index in [0.717, 1.165) is 28.7 Å². The van der Waals surface area contributed by atoms with Gasteiger partial charge in [0.2, 0.25) is 15.9 Å². The Morgan fingerprint density at radius 1 is 1.12 bits per heavy atom. The number of phenolic OH excluding ortho intramolecular Hbond substituents is 1. The number of carbonyl (C=O) groups excluding carboxylic acids is 1.